The Morgan fingerprint density at radius 3 is 2.29 bits per heavy atom. The van der Waals surface area contributed by atoms with Crippen molar-refractivity contribution in [1.82, 2.24) is 4.57 Å². The zero-order chi connectivity index (χ0) is 25.8. The van der Waals surface area contributed by atoms with Crippen LogP contribution in [0.3, 0.4) is 0 Å². The van der Waals surface area contributed by atoms with Crippen LogP contribution in [0.5, 0.6) is 0 Å². The fourth-order valence-electron chi connectivity index (χ4n) is 4.08. The van der Waals surface area contributed by atoms with Crippen molar-refractivity contribution in [3.63, 3.8) is 0 Å². The number of ether oxygens (including phenoxy) is 1. The van der Waals surface area contributed by atoms with Gasteiger partial charge in [-0.2, -0.15) is 0 Å². The van der Waals surface area contributed by atoms with Crippen molar-refractivity contribution in [3.8, 4) is 11.1 Å². The molecule has 2 heterocycles. The molecule has 1 fully saturated rings. The molecule has 0 atom stereocenters. The van der Waals surface area contributed by atoms with E-state index in [0.29, 0.717) is 28.0 Å². The smallest absolute Gasteiger partial charge is 0.399 e. The molecular weight excluding hydrogens is 487 g/mol. The topological polar surface area (TPSA) is 32.6 Å². The zero-order valence-electron chi connectivity index (χ0n) is 21.5. The third-order valence-corrected chi connectivity index (χ3v) is 9.08. The highest BCUT2D eigenvalue weighted by atomic mass is 35.5. The van der Waals surface area contributed by atoms with Crippen molar-refractivity contribution >= 4 is 43.2 Å². The number of fused-ring (bicyclic) bond motifs is 1. The normalized spacial score (nSPS) is 17.5. The first-order valence-corrected chi connectivity index (χ1v) is 16.0. The summed E-state index contributed by atoms with van der Waals surface area (Å²) >= 11 is 6.96. The number of nitrogens with zero attached hydrogens (tertiary/aromatic N) is 1. The molecule has 0 amide bonds. The van der Waals surface area contributed by atoms with Gasteiger partial charge >= 0.3 is 7.12 Å². The molecule has 0 spiro atoms. The Hall–Kier alpha value is -1.71. The summed E-state index contributed by atoms with van der Waals surface area (Å²) < 4.78 is 49.3. The van der Waals surface area contributed by atoms with Crippen LogP contribution < -0.4 is 5.46 Å². The lowest BCUT2D eigenvalue weighted by atomic mass is 9.78. The highest BCUT2D eigenvalue weighted by Gasteiger charge is 2.52. The second-order valence-electron chi connectivity index (χ2n) is 11.4. The van der Waals surface area contributed by atoms with E-state index in [9.17, 15) is 8.78 Å². The van der Waals surface area contributed by atoms with Gasteiger partial charge in [-0.1, -0.05) is 37.3 Å². The Morgan fingerprint density at radius 1 is 1.00 bits per heavy atom. The molecule has 3 aromatic rings. The van der Waals surface area contributed by atoms with E-state index in [4.69, 9.17) is 25.6 Å². The molecule has 188 valence electrons. The minimum absolute atomic E-state index is 0.142. The van der Waals surface area contributed by atoms with Crippen LogP contribution in [0.15, 0.2) is 36.5 Å². The van der Waals surface area contributed by atoms with E-state index in [1.54, 1.807) is 6.20 Å². The van der Waals surface area contributed by atoms with Crippen LogP contribution in [-0.2, 0) is 20.8 Å². The summed E-state index contributed by atoms with van der Waals surface area (Å²) in [5, 5.41) is 0.998. The highest BCUT2D eigenvalue weighted by Crippen LogP contribution is 2.40. The number of benzene rings is 2. The van der Waals surface area contributed by atoms with Gasteiger partial charge in [-0.3, -0.25) is 0 Å². The van der Waals surface area contributed by atoms with E-state index in [-0.39, 0.29) is 12.3 Å². The Labute approximate surface area is 212 Å². The maximum atomic E-state index is 14.9. The third kappa shape index (κ3) is 5.23. The molecular formula is C26H33BClF2NO3Si. The molecule has 1 saturated heterocycles. The van der Waals surface area contributed by atoms with Gasteiger partial charge in [-0.25, -0.2) is 8.78 Å². The van der Waals surface area contributed by atoms with Crippen molar-refractivity contribution in [1.29, 1.82) is 0 Å². The predicted octanol–water partition coefficient (Wildman–Crippen LogP) is 6.85. The molecule has 0 radical (unpaired) electrons. The van der Waals surface area contributed by atoms with Crippen LogP contribution in [0.1, 0.15) is 27.7 Å². The number of hydrogen-bond donors (Lipinski definition) is 0. The quantitative estimate of drug-likeness (QED) is 0.253. The molecule has 2 aromatic carbocycles. The molecule has 1 aromatic heterocycles. The number of hydrogen-bond acceptors (Lipinski definition) is 3. The molecule has 9 heteroatoms. The van der Waals surface area contributed by atoms with E-state index in [0.717, 1.165) is 23.7 Å². The van der Waals surface area contributed by atoms with Crippen LogP contribution in [0, 0.1) is 11.6 Å². The highest BCUT2D eigenvalue weighted by molar-refractivity contribution is 6.76. The molecule has 0 N–H and O–H groups in total. The van der Waals surface area contributed by atoms with Crippen LogP contribution in [0.4, 0.5) is 8.78 Å². The summed E-state index contributed by atoms with van der Waals surface area (Å²) in [7, 11) is -1.92. The molecule has 1 aliphatic heterocycles. The van der Waals surface area contributed by atoms with E-state index in [1.165, 1.54) is 6.07 Å². The van der Waals surface area contributed by atoms with Gasteiger partial charge in [0.05, 0.1) is 21.7 Å². The SMILES string of the molecule is CC1(C)OB(c2ccc3c(c(-c4cc(F)ccc4F)cn3COCC[Si](C)(C)C)c2Cl)OC1(C)C. The van der Waals surface area contributed by atoms with Gasteiger partial charge in [-0.15, -0.1) is 0 Å². The van der Waals surface area contributed by atoms with Crippen LogP contribution in [0.2, 0.25) is 30.7 Å². The summed E-state index contributed by atoms with van der Waals surface area (Å²) in [5.41, 5.74) is 0.973. The summed E-state index contributed by atoms with van der Waals surface area (Å²) in [5.74, 6) is -1.05. The van der Waals surface area contributed by atoms with Crippen molar-refractivity contribution < 1.29 is 22.8 Å². The van der Waals surface area contributed by atoms with Gasteiger partial charge in [-0.05, 0) is 58.0 Å². The summed E-state index contributed by atoms with van der Waals surface area (Å²) in [6.45, 7) is 15.7. The monoisotopic (exact) mass is 519 g/mol. The number of aromatic nitrogens is 1. The van der Waals surface area contributed by atoms with Crippen LogP contribution in [-0.4, -0.2) is 37.6 Å². The maximum absolute atomic E-state index is 14.9. The number of halogens is 3. The summed E-state index contributed by atoms with van der Waals surface area (Å²) in [6.07, 6.45) is 1.77. The fourth-order valence-corrected chi connectivity index (χ4v) is 5.18. The Kier molecular flexibility index (Phi) is 7.01. The fraction of sp³-hybridized carbons (Fsp3) is 0.462. The van der Waals surface area contributed by atoms with Crippen LogP contribution in [0.25, 0.3) is 22.0 Å². The Bertz CT molecular complexity index is 1240. The van der Waals surface area contributed by atoms with Gasteiger partial charge in [0, 0.05) is 42.9 Å². The van der Waals surface area contributed by atoms with Gasteiger partial charge in [0.15, 0.2) is 0 Å². The average molecular weight is 520 g/mol. The van der Waals surface area contributed by atoms with E-state index in [1.807, 2.05) is 44.4 Å². The van der Waals surface area contributed by atoms with E-state index in [2.05, 4.69) is 19.6 Å². The summed E-state index contributed by atoms with van der Waals surface area (Å²) in [4.78, 5) is 0. The predicted molar refractivity (Wildman–Crippen MR) is 142 cm³/mol. The van der Waals surface area contributed by atoms with Crippen molar-refractivity contribution in [2.45, 2.75) is 71.3 Å². The largest absolute Gasteiger partial charge is 0.496 e. The lowest BCUT2D eigenvalue weighted by Gasteiger charge is -2.32. The zero-order valence-corrected chi connectivity index (χ0v) is 23.2. The standard InChI is InChI=1S/C26H33BClF2NO3Si/c1-25(2)26(3,4)34-27(33-25)20-9-11-22-23(24(20)28)19(18-14-17(29)8-10-21(18)30)15-31(22)16-32-12-13-35(5,6)7/h8-11,14-15H,12-13,16H2,1-7H3. The minimum atomic E-state index is -1.24. The van der Waals surface area contributed by atoms with Crippen molar-refractivity contribution in [2.75, 3.05) is 6.61 Å². The first kappa shape index (κ1) is 26.4. The molecule has 0 aliphatic carbocycles. The first-order valence-electron chi connectivity index (χ1n) is 11.9. The van der Waals surface area contributed by atoms with Gasteiger partial charge in [0.1, 0.15) is 18.4 Å². The molecule has 1 aliphatic rings. The third-order valence-electron chi connectivity index (χ3n) is 6.97. The Morgan fingerprint density at radius 2 is 1.66 bits per heavy atom. The molecule has 4 nitrogen and oxygen atoms in total. The first-order chi connectivity index (χ1) is 16.2. The average Bonchev–Trinajstić information content (AvgIpc) is 3.20. The van der Waals surface area contributed by atoms with Gasteiger partial charge < -0.3 is 18.6 Å². The lowest BCUT2D eigenvalue weighted by Crippen LogP contribution is -2.41. The van der Waals surface area contributed by atoms with E-state index >= 15 is 0 Å². The van der Waals surface area contributed by atoms with Crippen molar-refractivity contribution in [3.05, 3.63) is 53.2 Å². The van der Waals surface area contributed by atoms with E-state index < -0.39 is 38.0 Å². The molecule has 0 bridgehead atoms. The molecule has 4 rings (SSSR count). The summed E-state index contributed by atoms with van der Waals surface area (Å²) in [6, 6.07) is 8.24. The molecule has 35 heavy (non-hydrogen) atoms. The minimum Gasteiger partial charge on any atom is -0.399 e. The van der Waals surface area contributed by atoms with Gasteiger partial charge in [0.25, 0.3) is 0 Å². The van der Waals surface area contributed by atoms with Crippen LogP contribution >= 0.6 is 11.6 Å². The second kappa shape index (κ2) is 9.31. The second-order valence-corrected chi connectivity index (χ2v) is 17.4. The lowest BCUT2D eigenvalue weighted by molar-refractivity contribution is 0.00578. The van der Waals surface area contributed by atoms with Crippen molar-refractivity contribution in [2.24, 2.45) is 0 Å². The Balaban J connectivity index is 1.80. The maximum Gasteiger partial charge on any atom is 0.496 e. The van der Waals surface area contributed by atoms with Gasteiger partial charge in [0.2, 0.25) is 0 Å². The molecule has 0 unspecified atom stereocenters. The number of rotatable bonds is 7. The molecule has 0 saturated carbocycles.